The van der Waals surface area contributed by atoms with Crippen molar-refractivity contribution in [2.24, 2.45) is 0 Å². The molecule has 0 amide bonds. The van der Waals surface area contributed by atoms with E-state index in [1.807, 2.05) is 25.1 Å². The van der Waals surface area contributed by atoms with Gasteiger partial charge in [-0.15, -0.1) is 11.3 Å². The minimum absolute atomic E-state index is 0.515. The summed E-state index contributed by atoms with van der Waals surface area (Å²) < 4.78 is 0. The zero-order valence-corrected chi connectivity index (χ0v) is 10.4. The standard InChI is InChI=1S/C12H12ClNOS/c1-8-2-3-9(4-11(8)13)12(15)5-10-6-14-7-16-10/h2-4,6-7,12,15H,5H2,1H3. The first kappa shape index (κ1) is 11.6. The first-order valence-electron chi connectivity index (χ1n) is 4.98. The Labute approximate surface area is 104 Å². The molecule has 0 aliphatic rings. The van der Waals surface area contributed by atoms with Crippen LogP contribution in [0.3, 0.4) is 0 Å². The van der Waals surface area contributed by atoms with E-state index in [9.17, 15) is 5.11 Å². The normalized spacial score (nSPS) is 12.7. The molecule has 0 spiro atoms. The third-order valence-corrected chi connectivity index (χ3v) is 3.67. The summed E-state index contributed by atoms with van der Waals surface area (Å²) in [5.74, 6) is 0. The number of thiazole rings is 1. The molecule has 4 heteroatoms. The Balaban J connectivity index is 2.14. The molecule has 0 bridgehead atoms. The highest BCUT2D eigenvalue weighted by molar-refractivity contribution is 7.09. The molecule has 1 aromatic carbocycles. The van der Waals surface area contributed by atoms with Gasteiger partial charge in [-0.1, -0.05) is 23.7 Å². The molecule has 1 atom stereocenters. The molecule has 1 N–H and O–H groups in total. The van der Waals surface area contributed by atoms with E-state index in [4.69, 9.17) is 11.6 Å². The molecule has 2 nitrogen and oxygen atoms in total. The van der Waals surface area contributed by atoms with Gasteiger partial charge in [0.05, 0.1) is 11.6 Å². The SMILES string of the molecule is Cc1ccc(C(O)Cc2cncs2)cc1Cl. The Kier molecular flexibility index (Phi) is 3.59. The fourth-order valence-electron chi connectivity index (χ4n) is 1.47. The van der Waals surface area contributed by atoms with Crippen LogP contribution >= 0.6 is 22.9 Å². The molecule has 2 rings (SSSR count). The lowest BCUT2D eigenvalue weighted by molar-refractivity contribution is 0.179. The molecule has 1 aromatic heterocycles. The van der Waals surface area contributed by atoms with Crippen LogP contribution in [0.2, 0.25) is 5.02 Å². The van der Waals surface area contributed by atoms with Gasteiger partial charge < -0.3 is 5.11 Å². The van der Waals surface area contributed by atoms with E-state index in [0.717, 1.165) is 16.0 Å². The number of benzene rings is 1. The third-order valence-electron chi connectivity index (χ3n) is 2.46. The lowest BCUT2D eigenvalue weighted by Gasteiger charge is -2.10. The van der Waals surface area contributed by atoms with Crippen molar-refractivity contribution in [3.63, 3.8) is 0 Å². The zero-order valence-electron chi connectivity index (χ0n) is 8.85. The molecule has 84 valence electrons. The second kappa shape index (κ2) is 4.95. The summed E-state index contributed by atoms with van der Waals surface area (Å²) in [5, 5.41) is 10.7. The highest BCUT2D eigenvalue weighted by atomic mass is 35.5. The number of hydrogen-bond acceptors (Lipinski definition) is 3. The fraction of sp³-hybridized carbons (Fsp3) is 0.250. The van der Waals surface area contributed by atoms with Crippen LogP contribution in [0, 0.1) is 6.92 Å². The molecule has 0 fully saturated rings. The highest BCUT2D eigenvalue weighted by Gasteiger charge is 2.10. The molecule has 0 aliphatic heterocycles. The number of rotatable bonds is 3. The Hall–Kier alpha value is -0.900. The van der Waals surface area contributed by atoms with E-state index >= 15 is 0 Å². The van der Waals surface area contributed by atoms with Crippen LogP contribution in [0.4, 0.5) is 0 Å². The van der Waals surface area contributed by atoms with Gasteiger partial charge in [-0.3, -0.25) is 4.98 Å². The van der Waals surface area contributed by atoms with Crippen molar-refractivity contribution in [1.29, 1.82) is 0 Å². The second-order valence-corrected chi connectivity index (χ2v) is 5.07. The molecule has 1 heterocycles. The summed E-state index contributed by atoms with van der Waals surface area (Å²) in [6, 6.07) is 5.66. The monoisotopic (exact) mass is 253 g/mol. The van der Waals surface area contributed by atoms with Crippen molar-refractivity contribution in [2.45, 2.75) is 19.4 Å². The summed E-state index contributed by atoms with van der Waals surface area (Å²) in [4.78, 5) is 5.06. The van der Waals surface area contributed by atoms with Gasteiger partial charge in [0.2, 0.25) is 0 Å². The lowest BCUT2D eigenvalue weighted by atomic mass is 10.0. The maximum Gasteiger partial charge on any atom is 0.0839 e. The van der Waals surface area contributed by atoms with Gasteiger partial charge in [-0.2, -0.15) is 0 Å². The van der Waals surface area contributed by atoms with Crippen LogP contribution in [0.1, 0.15) is 22.1 Å². The molecule has 0 radical (unpaired) electrons. The Morgan fingerprint density at radius 1 is 1.50 bits per heavy atom. The topological polar surface area (TPSA) is 33.1 Å². The van der Waals surface area contributed by atoms with Crippen LogP contribution in [0.5, 0.6) is 0 Å². The Morgan fingerprint density at radius 3 is 2.94 bits per heavy atom. The average molecular weight is 254 g/mol. The first-order chi connectivity index (χ1) is 7.66. The first-order valence-corrected chi connectivity index (χ1v) is 6.24. The zero-order chi connectivity index (χ0) is 11.5. The van der Waals surface area contributed by atoms with Crippen molar-refractivity contribution in [3.8, 4) is 0 Å². The average Bonchev–Trinajstić information content (AvgIpc) is 2.74. The molecular weight excluding hydrogens is 242 g/mol. The summed E-state index contributed by atoms with van der Waals surface area (Å²) >= 11 is 7.57. The smallest absolute Gasteiger partial charge is 0.0839 e. The van der Waals surface area contributed by atoms with E-state index in [-0.39, 0.29) is 0 Å². The molecule has 1 unspecified atom stereocenters. The van der Waals surface area contributed by atoms with Crippen molar-refractivity contribution >= 4 is 22.9 Å². The number of aryl methyl sites for hydroxylation is 1. The minimum atomic E-state index is -0.515. The number of nitrogens with zero attached hydrogens (tertiary/aromatic N) is 1. The van der Waals surface area contributed by atoms with Crippen LogP contribution in [0.25, 0.3) is 0 Å². The van der Waals surface area contributed by atoms with E-state index < -0.39 is 6.10 Å². The maximum atomic E-state index is 10.0. The lowest BCUT2D eigenvalue weighted by Crippen LogP contribution is -2.00. The van der Waals surface area contributed by atoms with Gasteiger partial charge in [-0.25, -0.2) is 0 Å². The van der Waals surface area contributed by atoms with E-state index in [2.05, 4.69) is 4.98 Å². The second-order valence-electron chi connectivity index (χ2n) is 3.70. The number of aromatic nitrogens is 1. The predicted octanol–water partition coefficient (Wildman–Crippen LogP) is 3.38. The third kappa shape index (κ3) is 2.61. The summed E-state index contributed by atoms with van der Waals surface area (Å²) in [5.41, 5.74) is 3.64. The van der Waals surface area contributed by atoms with Crippen molar-refractivity contribution in [2.75, 3.05) is 0 Å². The Morgan fingerprint density at radius 2 is 2.31 bits per heavy atom. The largest absolute Gasteiger partial charge is 0.388 e. The number of hydrogen-bond donors (Lipinski definition) is 1. The van der Waals surface area contributed by atoms with E-state index in [0.29, 0.717) is 11.4 Å². The molecular formula is C12H12ClNOS. The van der Waals surface area contributed by atoms with Gasteiger partial charge in [-0.05, 0) is 24.1 Å². The van der Waals surface area contributed by atoms with Crippen molar-refractivity contribution < 1.29 is 5.11 Å². The number of aliphatic hydroxyl groups is 1. The van der Waals surface area contributed by atoms with Crippen LogP contribution < -0.4 is 0 Å². The molecule has 0 saturated heterocycles. The van der Waals surface area contributed by atoms with Crippen molar-refractivity contribution in [1.82, 2.24) is 4.98 Å². The van der Waals surface area contributed by atoms with Crippen molar-refractivity contribution in [3.05, 3.63) is 50.9 Å². The molecule has 0 saturated carbocycles. The van der Waals surface area contributed by atoms with Gasteiger partial charge in [0.1, 0.15) is 0 Å². The maximum absolute atomic E-state index is 10.0. The quantitative estimate of drug-likeness (QED) is 0.910. The van der Waals surface area contributed by atoms with Gasteiger partial charge in [0.25, 0.3) is 0 Å². The molecule has 2 aromatic rings. The predicted molar refractivity (Wildman–Crippen MR) is 67.0 cm³/mol. The van der Waals surface area contributed by atoms with E-state index in [1.165, 1.54) is 0 Å². The van der Waals surface area contributed by atoms with E-state index in [1.54, 1.807) is 23.0 Å². The van der Waals surface area contributed by atoms with Crippen LogP contribution in [0.15, 0.2) is 29.9 Å². The number of aliphatic hydroxyl groups excluding tert-OH is 1. The van der Waals surface area contributed by atoms with Gasteiger partial charge in [0.15, 0.2) is 0 Å². The molecule has 0 aliphatic carbocycles. The van der Waals surface area contributed by atoms with Gasteiger partial charge in [0, 0.05) is 22.5 Å². The molecule has 16 heavy (non-hydrogen) atoms. The fourth-order valence-corrected chi connectivity index (χ4v) is 2.29. The van der Waals surface area contributed by atoms with Crippen LogP contribution in [-0.4, -0.2) is 10.1 Å². The summed E-state index contributed by atoms with van der Waals surface area (Å²) in [7, 11) is 0. The summed E-state index contributed by atoms with van der Waals surface area (Å²) in [6.07, 6.45) is 1.85. The summed E-state index contributed by atoms with van der Waals surface area (Å²) in [6.45, 7) is 1.95. The highest BCUT2D eigenvalue weighted by Crippen LogP contribution is 2.24. The van der Waals surface area contributed by atoms with Gasteiger partial charge >= 0.3 is 0 Å². The minimum Gasteiger partial charge on any atom is -0.388 e. The number of halogens is 1. The van der Waals surface area contributed by atoms with Crippen LogP contribution in [-0.2, 0) is 6.42 Å². The Bertz CT molecular complexity index is 470.